The molecule has 0 radical (unpaired) electrons. The average molecular weight is 208 g/mol. The fourth-order valence-electron chi connectivity index (χ4n) is 3.15. The molecule has 1 amide bonds. The van der Waals surface area contributed by atoms with Crippen LogP contribution in [-0.2, 0) is 4.79 Å². The maximum atomic E-state index is 12.2. The summed E-state index contributed by atoms with van der Waals surface area (Å²) in [6.07, 6.45) is 7.19. The van der Waals surface area contributed by atoms with Gasteiger partial charge in [0.05, 0.1) is 12.2 Å². The highest BCUT2D eigenvalue weighted by Crippen LogP contribution is 2.42. The van der Waals surface area contributed by atoms with E-state index in [1.807, 2.05) is 0 Å². The number of hydrogen-bond acceptors (Lipinski definition) is 2. The van der Waals surface area contributed by atoms with Gasteiger partial charge in [-0.3, -0.25) is 10.1 Å². The van der Waals surface area contributed by atoms with E-state index in [1.165, 1.54) is 25.7 Å². The first kappa shape index (κ1) is 9.64. The summed E-state index contributed by atoms with van der Waals surface area (Å²) in [5.74, 6) is 1.19. The molecule has 1 aliphatic heterocycles. The molecule has 1 saturated heterocycles. The molecule has 2 saturated carbocycles. The molecule has 3 fully saturated rings. The number of hydrogen-bond donors (Lipinski definition) is 1. The zero-order chi connectivity index (χ0) is 10.5. The molecule has 3 heteroatoms. The van der Waals surface area contributed by atoms with Crippen LogP contribution in [0.4, 0.5) is 0 Å². The van der Waals surface area contributed by atoms with E-state index in [-0.39, 0.29) is 5.54 Å². The number of carbonyl (C=O) groups excluding carboxylic acids is 1. The first-order valence-electron chi connectivity index (χ1n) is 6.27. The molecular formula is C12H20N2O. The fourth-order valence-corrected chi connectivity index (χ4v) is 3.15. The minimum absolute atomic E-state index is 0.0965. The molecule has 15 heavy (non-hydrogen) atoms. The van der Waals surface area contributed by atoms with Crippen LogP contribution in [0, 0.1) is 5.92 Å². The van der Waals surface area contributed by atoms with Crippen molar-refractivity contribution >= 4 is 5.91 Å². The molecule has 3 aliphatic rings. The van der Waals surface area contributed by atoms with Gasteiger partial charge in [-0.1, -0.05) is 19.8 Å². The molecule has 2 aliphatic carbocycles. The Morgan fingerprint density at radius 3 is 2.80 bits per heavy atom. The van der Waals surface area contributed by atoms with E-state index >= 15 is 0 Å². The summed E-state index contributed by atoms with van der Waals surface area (Å²) in [6.45, 7) is 3.11. The second-order valence-corrected chi connectivity index (χ2v) is 5.62. The standard InChI is InChI=1S/C12H20N2O/c1-9-3-2-4-10(7-9)14-8-13-12(5-6-12)11(14)15/h9-10,13H,2-8H2,1H3. The predicted molar refractivity (Wildman–Crippen MR) is 58.2 cm³/mol. The van der Waals surface area contributed by atoms with Gasteiger partial charge in [0.25, 0.3) is 0 Å². The van der Waals surface area contributed by atoms with Crippen molar-refractivity contribution in [2.75, 3.05) is 6.67 Å². The first-order chi connectivity index (χ1) is 7.21. The Kier molecular flexibility index (Phi) is 2.06. The molecule has 0 aromatic heterocycles. The van der Waals surface area contributed by atoms with Crippen molar-refractivity contribution in [3.63, 3.8) is 0 Å². The van der Waals surface area contributed by atoms with Gasteiger partial charge < -0.3 is 4.90 Å². The van der Waals surface area contributed by atoms with Crippen molar-refractivity contribution in [1.29, 1.82) is 0 Å². The van der Waals surface area contributed by atoms with E-state index in [9.17, 15) is 4.79 Å². The molecule has 84 valence electrons. The van der Waals surface area contributed by atoms with E-state index in [2.05, 4.69) is 17.1 Å². The molecule has 1 spiro atoms. The molecule has 2 atom stereocenters. The molecule has 0 aromatic rings. The van der Waals surface area contributed by atoms with Crippen LogP contribution >= 0.6 is 0 Å². The lowest BCUT2D eigenvalue weighted by Gasteiger charge is -2.33. The zero-order valence-electron chi connectivity index (χ0n) is 9.46. The Hall–Kier alpha value is -0.570. The van der Waals surface area contributed by atoms with Gasteiger partial charge in [-0.05, 0) is 31.6 Å². The molecule has 1 N–H and O–H groups in total. The summed E-state index contributed by atoms with van der Waals surface area (Å²) >= 11 is 0. The van der Waals surface area contributed by atoms with E-state index in [1.54, 1.807) is 0 Å². The highest BCUT2D eigenvalue weighted by molar-refractivity contribution is 5.91. The third-order valence-electron chi connectivity index (χ3n) is 4.36. The van der Waals surface area contributed by atoms with E-state index in [0.29, 0.717) is 11.9 Å². The molecule has 3 rings (SSSR count). The van der Waals surface area contributed by atoms with E-state index in [0.717, 1.165) is 25.4 Å². The number of rotatable bonds is 1. The second kappa shape index (κ2) is 3.21. The summed E-state index contributed by atoms with van der Waals surface area (Å²) < 4.78 is 0. The maximum absolute atomic E-state index is 12.2. The van der Waals surface area contributed by atoms with Crippen LogP contribution < -0.4 is 5.32 Å². The van der Waals surface area contributed by atoms with Crippen molar-refractivity contribution in [1.82, 2.24) is 10.2 Å². The molecule has 2 unspecified atom stereocenters. The molecule has 1 heterocycles. The van der Waals surface area contributed by atoms with Crippen LogP contribution in [0.2, 0.25) is 0 Å². The first-order valence-corrected chi connectivity index (χ1v) is 6.27. The Balaban J connectivity index is 1.69. The van der Waals surface area contributed by atoms with E-state index < -0.39 is 0 Å². The maximum Gasteiger partial charge on any atom is 0.244 e. The van der Waals surface area contributed by atoms with Crippen molar-refractivity contribution in [2.24, 2.45) is 5.92 Å². The number of nitrogens with zero attached hydrogens (tertiary/aromatic N) is 1. The van der Waals surface area contributed by atoms with E-state index in [4.69, 9.17) is 0 Å². The van der Waals surface area contributed by atoms with Gasteiger partial charge in [0.15, 0.2) is 0 Å². The Morgan fingerprint density at radius 1 is 1.40 bits per heavy atom. The van der Waals surface area contributed by atoms with Gasteiger partial charge in [0, 0.05) is 6.04 Å². The summed E-state index contributed by atoms with van der Waals surface area (Å²) in [5, 5.41) is 3.40. The quantitative estimate of drug-likeness (QED) is 0.708. The normalized spacial score (nSPS) is 38.7. The second-order valence-electron chi connectivity index (χ2n) is 5.62. The van der Waals surface area contributed by atoms with Crippen LogP contribution in [0.3, 0.4) is 0 Å². The highest BCUT2D eigenvalue weighted by atomic mass is 16.2. The fraction of sp³-hybridized carbons (Fsp3) is 0.917. The zero-order valence-corrected chi connectivity index (χ0v) is 9.46. The predicted octanol–water partition coefficient (Wildman–Crippen LogP) is 1.49. The van der Waals surface area contributed by atoms with Gasteiger partial charge in [-0.2, -0.15) is 0 Å². The summed E-state index contributed by atoms with van der Waals surface area (Å²) in [7, 11) is 0. The third kappa shape index (κ3) is 1.48. The monoisotopic (exact) mass is 208 g/mol. The summed E-state index contributed by atoms with van der Waals surface area (Å²) in [6, 6.07) is 0.522. The van der Waals surface area contributed by atoms with Crippen LogP contribution in [0.25, 0.3) is 0 Å². The van der Waals surface area contributed by atoms with Gasteiger partial charge in [-0.15, -0.1) is 0 Å². The Morgan fingerprint density at radius 2 is 2.20 bits per heavy atom. The smallest absolute Gasteiger partial charge is 0.244 e. The lowest BCUT2D eigenvalue weighted by molar-refractivity contribution is -0.132. The van der Waals surface area contributed by atoms with Crippen LogP contribution in [-0.4, -0.2) is 29.1 Å². The number of carbonyl (C=O) groups is 1. The van der Waals surface area contributed by atoms with Crippen molar-refractivity contribution < 1.29 is 4.79 Å². The molecule has 3 nitrogen and oxygen atoms in total. The summed E-state index contributed by atoms with van der Waals surface area (Å²) in [5.41, 5.74) is -0.0965. The summed E-state index contributed by atoms with van der Waals surface area (Å²) in [4.78, 5) is 14.3. The molecular weight excluding hydrogens is 188 g/mol. The topological polar surface area (TPSA) is 32.3 Å². The van der Waals surface area contributed by atoms with Crippen molar-refractivity contribution in [2.45, 2.75) is 57.0 Å². The van der Waals surface area contributed by atoms with Crippen molar-refractivity contribution in [3.8, 4) is 0 Å². The minimum Gasteiger partial charge on any atom is -0.325 e. The SMILES string of the molecule is CC1CCCC(N2CNC3(CC3)C2=O)C1. The average Bonchev–Trinajstić information content (AvgIpc) is 2.92. The van der Waals surface area contributed by atoms with Crippen LogP contribution in [0.5, 0.6) is 0 Å². The van der Waals surface area contributed by atoms with Gasteiger partial charge in [0.2, 0.25) is 5.91 Å². The van der Waals surface area contributed by atoms with Crippen LogP contribution in [0.1, 0.15) is 45.4 Å². The number of amides is 1. The lowest BCUT2D eigenvalue weighted by atomic mass is 9.86. The van der Waals surface area contributed by atoms with Crippen molar-refractivity contribution in [3.05, 3.63) is 0 Å². The highest BCUT2D eigenvalue weighted by Gasteiger charge is 2.56. The third-order valence-corrected chi connectivity index (χ3v) is 4.36. The Bertz CT molecular complexity index is 285. The minimum atomic E-state index is -0.0965. The van der Waals surface area contributed by atoms with Crippen LogP contribution in [0.15, 0.2) is 0 Å². The molecule has 0 aromatic carbocycles. The lowest BCUT2D eigenvalue weighted by Crippen LogP contribution is -2.41. The largest absolute Gasteiger partial charge is 0.325 e. The molecule has 0 bridgehead atoms. The van der Waals surface area contributed by atoms with Gasteiger partial charge in [0.1, 0.15) is 0 Å². The van der Waals surface area contributed by atoms with Gasteiger partial charge >= 0.3 is 0 Å². The Labute approximate surface area is 91.2 Å². The number of nitrogens with one attached hydrogen (secondary N) is 1. The van der Waals surface area contributed by atoms with Gasteiger partial charge in [-0.25, -0.2) is 0 Å².